The van der Waals surface area contributed by atoms with Gasteiger partial charge in [0.25, 0.3) is 0 Å². The lowest BCUT2D eigenvalue weighted by atomic mass is 10.1. The predicted molar refractivity (Wildman–Crippen MR) is 115 cm³/mol. The smallest absolute Gasteiger partial charge is 0.161 e. The number of imidazole rings is 1. The summed E-state index contributed by atoms with van der Waals surface area (Å²) in [7, 11) is 0. The van der Waals surface area contributed by atoms with Crippen LogP contribution >= 0.6 is 0 Å². The summed E-state index contributed by atoms with van der Waals surface area (Å²) in [5, 5.41) is 14.3. The Hall–Kier alpha value is -4.33. The average molecular weight is 392 g/mol. The van der Waals surface area contributed by atoms with Crippen molar-refractivity contribution < 1.29 is 0 Å². The highest BCUT2D eigenvalue weighted by molar-refractivity contribution is 5.95. The van der Waals surface area contributed by atoms with Crippen LogP contribution < -0.4 is 0 Å². The highest BCUT2D eigenvalue weighted by Crippen LogP contribution is 2.30. The first kappa shape index (κ1) is 16.6. The van der Waals surface area contributed by atoms with E-state index in [2.05, 4.69) is 49.4 Å². The molecule has 0 saturated heterocycles. The molecule has 144 valence electrons. The Balaban J connectivity index is 1.53. The van der Waals surface area contributed by atoms with Crippen LogP contribution in [0.25, 0.3) is 56.1 Å². The molecule has 0 amide bonds. The van der Waals surface area contributed by atoms with E-state index < -0.39 is 0 Å². The van der Waals surface area contributed by atoms with E-state index in [0.717, 1.165) is 44.6 Å². The monoisotopic (exact) mass is 392 g/mol. The Morgan fingerprint density at radius 1 is 0.867 bits per heavy atom. The highest BCUT2D eigenvalue weighted by atomic mass is 15.2. The highest BCUT2D eigenvalue weighted by Gasteiger charge is 2.17. The number of aromatic amines is 3. The van der Waals surface area contributed by atoms with Crippen LogP contribution in [0, 0.1) is 6.92 Å². The van der Waals surface area contributed by atoms with Crippen LogP contribution in [-0.2, 0) is 0 Å². The topological polar surface area (TPSA) is 112 Å². The molecule has 0 saturated carbocycles. The van der Waals surface area contributed by atoms with Crippen molar-refractivity contribution in [3.63, 3.8) is 0 Å². The molecule has 0 spiro atoms. The predicted octanol–water partition coefficient (Wildman–Crippen LogP) is 4.26. The molecule has 0 aliphatic heterocycles. The fraction of sp³-hybridized carbons (Fsp3) is 0.0455. The molecular formula is C22H16N8. The van der Waals surface area contributed by atoms with Gasteiger partial charge in [0, 0.05) is 23.5 Å². The summed E-state index contributed by atoms with van der Waals surface area (Å²) in [6.07, 6.45) is 5.35. The zero-order chi connectivity index (χ0) is 20.1. The Labute approximate surface area is 170 Å². The molecular weight excluding hydrogens is 376 g/mol. The minimum absolute atomic E-state index is 0.648. The first-order valence-electron chi connectivity index (χ1n) is 9.53. The molecule has 1 aromatic carbocycles. The van der Waals surface area contributed by atoms with Crippen LogP contribution in [0.1, 0.15) is 5.56 Å². The van der Waals surface area contributed by atoms with Gasteiger partial charge in [0.05, 0.1) is 28.6 Å². The first-order valence-corrected chi connectivity index (χ1v) is 9.53. The number of nitrogens with one attached hydrogen (secondary N) is 3. The molecule has 0 aliphatic rings. The SMILES string of the molecule is Cc1cccc(-c2nccc3[nH]c(-c4n[nH]c5ccc(-c6cn[nH]c6)nc45)nc23)c1. The normalized spacial score (nSPS) is 11.5. The third-order valence-corrected chi connectivity index (χ3v) is 5.12. The summed E-state index contributed by atoms with van der Waals surface area (Å²) in [5.74, 6) is 0.648. The number of aryl methyl sites for hydroxylation is 1. The van der Waals surface area contributed by atoms with Gasteiger partial charge in [-0.3, -0.25) is 15.2 Å². The molecule has 8 nitrogen and oxygen atoms in total. The van der Waals surface area contributed by atoms with Gasteiger partial charge in [-0.15, -0.1) is 0 Å². The minimum atomic E-state index is 0.648. The number of fused-ring (bicyclic) bond motifs is 2. The van der Waals surface area contributed by atoms with Crippen LogP contribution in [0.15, 0.2) is 61.1 Å². The lowest BCUT2D eigenvalue weighted by molar-refractivity contribution is 1.09. The Morgan fingerprint density at radius 3 is 2.67 bits per heavy atom. The van der Waals surface area contributed by atoms with Crippen molar-refractivity contribution in [2.75, 3.05) is 0 Å². The Morgan fingerprint density at radius 2 is 1.80 bits per heavy atom. The van der Waals surface area contributed by atoms with Gasteiger partial charge in [0.2, 0.25) is 0 Å². The fourth-order valence-corrected chi connectivity index (χ4v) is 3.67. The van der Waals surface area contributed by atoms with Crippen LogP contribution in [-0.4, -0.2) is 40.3 Å². The third kappa shape index (κ3) is 2.58. The van der Waals surface area contributed by atoms with Crippen molar-refractivity contribution in [2.45, 2.75) is 6.92 Å². The number of H-pyrrole nitrogens is 3. The van der Waals surface area contributed by atoms with Crippen LogP contribution in [0.5, 0.6) is 0 Å². The maximum absolute atomic E-state index is 4.84. The third-order valence-electron chi connectivity index (χ3n) is 5.12. The molecule has 5 heterocycles. The summed E-state index contributed by atoms with van der Waals surface area (Å²) >= 11 is 0. The number of aromatic nitrogens is 8. The molecule has 0 radical (unpaired) electrons. The number of benzene rings is 1. The maximum Gasteiger partial charge on any atom is 0.161 e. The lowest BCUT2D eigenvalue weighted by Gasteiger charge is -2.02. The quantitative estimate of drug-likeness (QED) is 0.417. The van der Waals surface area contributed by atoms with E-state index in [9.17, 15) is 0 Å². The van der Waals surface area contributed by atoms with Crippen molar-refractivity contribution >= 4 is 22.1 Å². The van der Waals surface area contributed by atoms with Gasteiger partial charge in [-0.1, -0.05) is 23.8 Å². The number of nitrogens with zero attached hydrogens (tertiary/aromatic N) is 5. The summed E-state index contributed by atoms with van der Waals surface area (Å²) in [5.41, 5.74) is 8.75. The van der Waals surface area contributed by atoms with E-state index in [1.54, 1.807) is 12.4 Å². The molecule has 0 atom stereocenters. The average Bonchev–Trinajstić information content (AvgIpc) is 3.51. The van der Waals surface area contributed by atoms with Crippen LogP contribution in [0.4, 0.5) is 0 Å². The Kier molecular flexibility index (Phi) is 3.51. The van der Waals surface area contributed by atoms with Crippen LogP contribution in [0.3, 0.4) is 0 Å². The lowest BCUT2D eigenvalue weighted by Crippen LogP contribution is -1.87. The standard InChI is InChI=1S/C22H16N8/c1-12-3-2-4-13(9-12)18-19-16(7-8-23-18)27-22(28-19)21-20-17(29-30-21)6-5-15(26-20)14-10-24-25-11-14/h2-11H,1H3,(H,24,25)(H,27,28)(H,29,30). The zero-order valence-electron chi connectivity index (χ0n) is 16.0. The van der Waals surface area contributed by atoms with Gasteiger partial charge < -0.3 is 4.98 Å². The molecule has 0 bridgehead atoms. The van der Waals surface area contributed by atoms with Gasteiger partial charge in [-0.2, -0.15) is 10.2 Å². The first-order chi connectivity index (χ1) is 14.8. The van der Waals surface area contributed by atoms with E-state index in [1.165, 1.54) is 5.56 Å². The number of rotatable bonds is 3. The molecule has 6 aromatic rings. The van der Waals surface area contributed by atoms with Gasteiger partial charge in [0.1, 0.15) is 11.0 Å². The minimum Gasteiger partial charge on any atom is -0.336 e. The molecule has 6 rings (SSSR count). The number of hydrogen-bond donors (Lipinski definition) is 3. The molecule has 5 aromatic heterocycles. The molecule has 0 aliphatic carbocycles. The zero-order valence-corrected chi connectivity index (χ0v) is 16.0. The number of pyridine rings is 2. The second-order valence-electron chi connectivity index (χ2n) is 7.16. The van der Waals surface area contributed by atoms with Gasteiger partial charge in [-0.25, -0.2) is 9.97 Å². The number of hydrogen-bond acceptors (Lipinski definition) is 5. The van der Waals surface area contributed by atoms with E-state index in [4.69, 9.17) is 9.97 Å². The van der Waals surface area contributed by atoms with Gasteiger partial charge >= 0.3 is 0 Å². The van der Waals surface area contributed by atoms with Crippen molar-refractivity contribution in [1.29, 1.82) is 0 Å². The fourth-order valence-electron chi connectivity index (χ4n) is 3.67. The molecule has 8 heteroatoms. The molecule has 0 fully saturated rings. The van der Waals surface area contributed by atoms with Crippen molar-refractivity contribution in [3.8, 4) is 34.0 Å². The maximum atomic E-state index is 4.84. The summed E-state index contributed by atoms with van der Waals surface area (Å²) in [6, 6.07) is 14.1. The van der Waals surface area contributed by atoms with E-state index in [1.807, 2.05) is 36.5 Å². The van der Waals surface area contributed by atoms with E-state index in [0.29, 0.717) is 11.5 Å². The van der Waals surface area contributed by atoms with Crippen LogP contribution in [0.2, 0.25) is 0 Å². The van der Waals surface area contributed by atoms with E-state index >= 15 is 0 Å². The molecule has 0 unspecified atom stereocenters. The van der Waals surface area contributed by atoms with Gasteiger partial charge in [0.15, 0.2) is 11.5 Å². The van der Waals surface area contributed by atoms with Crippen molar-refractivity contribution in [3.05, 3.63) is 66.6 Å². The summed E-state index contributed by atoms with van der Waals surface area (Å²) in [6.45, 7) is 2.07. The molecule has 30 heavy (non-hydrogen) atoms. The second-order valence-corrected chi connectivity index (χ2v) is 7.16. The van der Waals surface area contributed by atoms with E-state index in [-0.39, 0.29) is 0 Å². The second kappa shape index (κ2) is 6.35. The van der Waals surface area contributed by atoms with Gasteiger partial charge in [-0.05, 0) is 31.2 Å². The summed E-state index contributed by atoms with van der Waals surface area (Å²) in [4.78, 5) is 17.6. The summed E-state index contributed by atoms with van der Waals surface area (Å²) < 4.78 is 0. The Bertz CT molecular complexity index is 1510. The molecule has 3 N–H and O–H groups in total. The largest absolute Gasteiger partial charge is 0.336 e. The van der Waals surface area contributed by atoms with Crippen molar-refractivity contribution in [1.82, 2.24) is 40.3 Å². The van der Waals surface area contributed by atoms with Crippen molar-refractivity contribution in [2.24, 2.45) is 0 Å².